The highest BCUT2D eigenvalue weighted by molar-refractivity contribution is 8.03. The molecule has 0 atom stereocenters. The summed E-state index contributed by atoms with van der Waals surface area (Å²) in [5, 5.41) is -0.509. The number of hydrogen-bond donors (Lipinski definition) is 1. The van der Waals surface area contributed by atoms with Crippen molar-refractivity contribution in [1.82, 2.24) is 5.06 Å². The van der Waals surface area contributed by atoms with Crippen molar-refractivity contribution in [2.75, 3.05) is 18.7 Å². The molecule has 0 saturated carbocycles. The quantitative estimate of drug-likeness (QED) is 0.482. The Hall–Kier alpha value is -0.220. The average Bonchev–Trinajstić information content (AvgIpc) is 1.80. The Kier molecular flexibility index (Phi) is 4.26. The van der Waals surface area contributed by atoms with E-state index < -0.39 is 25.3 Å². The average molecular weight is 233 g/mol. The Morgan fingerprint density at radius 1 is 1.31 bits per heavy atom. The van der Waals surface area contributed by atoms with E-state index in [1.165, 1.54) is 7.05 Å². The van der Waals surface area contributed by atoms with Gasteiger partial charge in [-0.05, 0) is 0 Å². The van der Waals surface area contributed by atoms with Crippen molar-refractivity contribution >= 4 is 20.2 Å². The second-order valence-corrected chi connectivity index (χ2v) is 5.65. The van der Waals surface area contributed by atoms with Crippen molar-refractivity contribution in [2.24, 2.45) is 0 Å². The molecule has 0 amide bonds. The fourth-order valence-corrected chi connectivity index (χ4v) is 2.57. The minimum absolute atomic E-state index is 0.269. The van der Waals surface area contributed by atoms with Crippen LogP contribution in [0.2, 0.25) is 0 Å². The molecule has 0 spiro atoms. The Balaban J connectivity index is 4.45. The molecule has 0 aliphatic carbocycles. The predicted octanol–water partition coefficient (Wildman–Crippen LogP) is -0.955. The van der Waals surface area contributed by atoms with E-state index in [1.54, 1.807) is 6.92 Å². The van der Waals surface area contributed by atoms with Gasteiger partial charge in [-0.15, -0.1) is 0 Å². The van der Waals surface area contributed by atoms with Gasteiger partial charge in [0.05, 0.1) is 0 Å². The lowest BCUT2D eigenvalue weighted by Gasteiger charge is -2.12. The zero-order valence-electron chi connectivity index (χ0n) is 7.17. The lowest BCUT2D eigenvalue weighted by molar-refractivity contribution is -0.0177. The normalized spacial score (nSPS) is 13.5. The van der Waals surface area contributed by atoms with E-state index in [-0.39, 0.29) is 6.54 Å². The van der Waals surface area contributed by atoms with Crippen LogP contribution in [-0.4, -0.2) is 45.1 Å². The van der Waals surface area contributed by atoms with Crippen molar-refractivity contribution < 1.29 is 25.7 Å². The highest BCUT2D eigenvalue weighted by Crippen LogP contribution is 2.00. The van der Waals surface area contributed by atoms with Crippen LogP contribution in [0.3, 0.4) is 0 Å². The lowest BCUT2D eigenvalue weighted by Crippen LogP contribution is -2.27. The molecule has 13 heavy (non-hydrogen) atoms. The molecule has 0 radical (unpaired) electrons. The molecular weight excluding hydrogens is 222 g/mol. The topological polar surface area (TPSA) is 101 Å². The first kappa shape index (κ1) is 12.8. The van der Waals surface area contributed by atoms with Crippen LogP contribution in [0.4, 0.5) is 0 Å². The van der Waals surface area contributed by atoms with Gasteiger partial charge < -0.3 is 0 Å². The fraction of sp³-hybridized carbons (Fsp3) is 1.00. The summed E-state index contributed by atoms with van der Waals surface area (Å²) < 4.78 is 54.5. The summed E-state index contributed by atoms with van der Waals surface area (Å²) in [6.45, 7) is 1.88. The zero-order chi connectivity index (χ0) is 10.7. The van der Waals surface area contributed by atoms with Crippen molar-refractivity contribution in [3.63, 3.8) is 0 Å². The van der Waals surface area contributed by atoms with Gasteiger partial charge in [0.15, 0.2) is 0 Å². The molecular formula is C4H11NO6S2. The highest BCUT2D eigenvalue weighted by atomic mass is 32.3. The minimum Gasteiger partial charge on any atom is -0.285 e. The molecule has 9 heteroatoms. The van der Waals surface area contributed by atoms with Gasteiger partial charge >= 0.3 is 0 Å². The number of rotatable bonds is 5. The van der Waals surface area contributed by atoms with E-state index in [0.29, 0.717) is 0 Å². The Morgan fingerprint density at radius 3 is 2.08 bits per heavy atom. The second-order valence-electron chi connectivity index (χ2n) is 2.28. The van der Waals surface area contributed by atoms with Gasteiger partial charge in [-0.25, -0.2) is 0 Å². The molecule has 0 aromatic carbocycles. The van der Waals surface area contributed by atoms with Gasteiger partial charge in [0.1, 0.15) is 0 Å². The maximum atomic E-state index is 10.8. The largest absolute Gasteiger partial charge is 0.300 e. The second kappa shape index (κ2) is 4.33. The summed E-state index contributed by atoms with van der Waals surface area (Å²) >= 11 is 0. The van der Waals surface area contributed by atoms with Gasteiger partial charge in [-0.1, -0.05) is 6.92 Å². The summed E-state index contributed by atoms with van der Waals surface area (Å²) in [5.74, 6) is 0. The molecule has 0 fully saturated rings. The third-order valence-electron chi connectivity index (χ3n) is 0.979. The first-order valence-electron chi connectivity index (χ1n) is 3.25. The summed E-state index contributed by atoms with van der Waals surface area (Å²) in [6.07, 6.45) is 0. The standard InChI is InChI=1S/C4H11NO6S2/c1-3-5(2)11-13(9,10)4-12(6,7)8/h3-4H2,1-2H3,(H,6,7,8). The van der Waals surface area contributed by atoms with Gasteiger partial charge in [0.25, 0.3) is 20.2 Å². The van der Waals surface area contributed by atoms with E-state index in [9.17, 15) is 16.8 Å². The molecule has 1 N–H and O–H groups in total. The van der Waals surface area contributed by atoms with Crippen LogP contribution in [0, 0.1) is 0 Å². The zero-order valence-corrected chi connectivity index (χ0v) is 8.80. The van der Waals surface area contributed by atoms with E-state index in [2.05, 4.69) is 4.28 Å². The van der Waals surface area contributed by atoms with Gasteiger partial charge in [-0.3, -0.25) is 4.55 Å². The summed E-state index contributed by atoms with van der Waals surface area (Å²) in [7, 11) is -7.52. The molecule has 0 rings (SSSR count). The number of nitrogens with zero attached hydrogens (tertiary/aromatic N) is 1. The molecule has 0 aliphatic heterocycles. The van der Waals surface area contributed by atoms with Crippen molar-refractivity contribution in [3.8, 4) is 0 Å². The lowest BCUT2D eigenvalue weighted by atomic mass is 10.8. The van der Waals surface area contributed by atoms with E-state index >= 15 is 0 Å². The van der Waals surface area contributed by atoms with Gasteiger partial charge in [0.2, 0.25) is 5.08 Å². The maximum absolute atomic E-state index is 10.8. The highest BCUT2D eigenvalue weighted by Gasteiger charge is 2.22. The monoisotopic (exact) mass is 233 g/mol. The molecule has 7 nitrogen and oxygen atoms in total. The smallest absolute Gasteiger partial charge is 0.285 e. The first-order chi connectivity index (χ1) is 5.66. The first-order valence-corrected chi connectivity index (χ1v) is 6.43. The van der Waals surface area contributed by atoms with Crippen LogP contribution in [0.15, 0.2) is 0 Å². The molecule has 0 saturated heterocycles. The summed E-state index contributed by atoms with van der Waals surface area (Å²) in [6, 6.07) is 0. The third kappa shape index (κ3) is 6.90. The fourth-order valence-electron chi connectivity index (χ4n) is 0.450. The van der Waals surface area contributed by atoms with Crippen LogP contribution in [0.5, 0.6) is 0 Å². The van der Waals surface area contributed by atoms with E-state index in [0.717, 1.165) is 5.06 Å². The molecule has 0 heterocycles. The van der Waals surface area contributed by atoms with E-state index in [4.69, 9.17) is 4.55 Å². The predicted molar refractivity (Wildman–Crippen MR) is 44.7 cm³/mol. The molecule has 80 valence electrons. The van der Waals surface area contributed by atoms with Crippen molar-refractivity contribution in [3.05, 3.63) is 0 Å². The van der Waals surface area contributed by atoms with Crippen LogP contribution < -0.4 is 0 Å². The molecule has 0 unspecified atom stereocenters. The van der Waals surface area contributed by atoms with E-state index in [1.807, 2.05) is 0 Å². The van der Waals surface area contributed by atoms with Crippen LogP contribution in [-0.2, 0) is 24.5 Å². The Bertz CT molecular complexity index is 343. The minimum atomic E-state index is -4.58. The molecule has 0 bridgehead atoms. The SMILES string of the molecule is CCN(C)OS(=O)(=O)CS(=O)(=O)O. The van der Waals surface area contributed by atoms with Crippen molar-refractivity contribution in [1.29, 1.82) is 0 Å². The molecule has 0 aromatic heterocycles. The molecule has 0 aromatic rings. The number of hydrogen-bond acceptors (Lipinski definition) is 6. The third-order valence-corrected chi connectivity index (χ3v) is 3.81. The maximum Gasteiger partial charge on any atom is 0.300 e. The van der Waals surface area contributed by atoms with Crippen LogP contribution >= 0.6 is 0 Å². The van der Waals surface area contributed by atoms with Crippen LogP contribution in [0.1, 0.15) is 6.92 Å². The Morgan fingerprint density at radius 2 is 1.77 bits per heavy atom. The van der Waals surface area contributed by atoms with Crippen molar-refractivity contribution in [2.45, 2.75) is 6.92 Å². The van der Waals surface area contributed by atoms with Gasteiger partial charge in [-0.2, -0.15) is 26.2 Å². The van der Waals surface area contributed by atoms with Crippen LogP contribution in [0.25, 0.3) is 0 Å². The summed E-state index contributed by atoms with van der Waals surface area (Å²) in [4.78, 5) is 0. The Labute approximate surface area is 77.1 Å². The molecule has 0 aliphatic rings. The van der Waals surface area contributed by atoms with Gasteiger partial charge in [0, 0.05) is 13.6 Å². The number of hydroxylamine groups is 2. The summed E-state index contributed by atoms with van der Waals surface area (Å²) in [5.41, 5.74) is 0.